The monoisotopic (exact) mass is 355 g/mol. The fourth-order valence-corrected chi connectivity index (χ4v) is 3.67. The molecule has 2 rings (SSSR count). The van der Waals surface area contributed by atoms with Crippen molar-refractivity contribution in [2.75, 3.05) is 38.2 Å². The molecule has 134 valence electrons. The SMILES string of the molecule is CCC(C)NCC(=O)Nc1ccc(S(=O)(=O)N2CCOCC2)cc1. The van der Waals surface area contributed by atoms with Crippen LogP contribution in [0.15, 0.2) is 29.2 Å². The standard InChI is InChI=1S/C16H25N3O4S/c1-3-13(2)17-12-16(20)18-14-4-6-15(7-5-14)24(21,22)19-8-10-23-11-9-19/h4-7,13,17H,3,8-12H2,1-2H3,(H,18,20). The van der Waals surface area contributed by atoms with Gasteiger partial charge in [0.2, 0.25) is 15.9 Å². The second kappa shape index (κ2) is 8.57. The van der Waals surface area contributed by atoms with Crippen LogP contribution in [0.4, 0.5) is 5.69 Å². The maximum atomic E-state index is 12.5. The summed E-state index contributed by atoms with van der Waals surface area (Å²) in [6.45, 7) is 5.84. The Kier molecular flexibility index (Phi) is 6.73. The summed E-state index contributed by atoms with van der Waals surface area (Å²) in [5, 5.41) is 5.85. The topological polar surface area (TPSA) is 87.7 Å². The van der Waals surface area contributed by atoms with Crippen molar-refractivity contribution < 1.29 is 17.9 Å². The molecule has 1 aromatic carbocycles. The van der Waals surface area contributed by atoms with E-state index in [0.29, 0.717) is 32.0 Å². The molecule has 0 radical (unpaired) electrons. The molecular formula is C16H25N3O4S. The third-order valence-corrected chi connectivity index (χ3v) is 5.88. The Hall–Kier alpha value is -1.48. The van der Waals surface area contributed by atoms with Crippen molar-refractivity contribution in [2.45, 2.75) is 31.2 Å². The summed E-state index contributed by atoms with van der Waals surface area (Å²) in [4.78, 5) is 12.1. The first-order valence-electron chi connectivity index (χ1n) is 8.14. The van der Waals surface area contributed by atoms with Crippen molar-refractivity contribution in [1.29, 1.82) is 0 Å². The lowest BCUT2D eigenvalue weighted by molar-refractivity contribution is -0.115. The van der Waals surface area contributed by atoms with Gasteiger partial charge < -0.3 is 15.4 Å². The lowest BCUT2D eigenvalue weighted by Gasteiger charge is -2.26. The fourth-order valence-electron chi connectivity index (χ4n) is 2.26. The van der Waals surface area contributed by atoms with E-state index >= 15 is 0 Å². The van der Waals surface area contributed by atoms with Gasteiger partial charge >= 0.3 is 0 Å². The van der Waals surface area contributed by atoms with Gasteiger partial charge in [0.15, 0.2) is 0 Å². The number of amides is 1. The Morgan fingerprint density at radius 2 is 1.88 bits per heavy atom. The number of nitrogens with one attached hydrogen (secondary N) is 2. The predicted octanol–water partition coefficient (Wildman–Crippen LogP) is 1.03. The van der Waals surface area contributed by atoms with Crippen molar-refractivity contribution in [3.8, 4) is 0 Å². The molecule has 1 amide bonds. The Morgan fingerprint density at radius 3 is 2.46 bits per heavy atom. The average Bonchev–Trinajstić information content (AvgIpc) is 2.61. The molecule has 0 aliphatic carbocycles. The van der Waals surface area contributed by atoms with E-state index in [9.17, 15) is 13.2 Å². The molecule has 1 unspecified atom stereocenters. The van der Waals surface area contributed by atoms with Crippen molar-refractivity contribution in [3.05, 3.63) is 24.3 Å². The van der Waals surface area contributed by atoms with E-state index in [4.69, 9.17) is 4.74 Å². The smallest absolute Gasteiger partial charge is 0.243 e. The molecule has 7 nitrogen and oxygen atoms in total. The molecule has 0 aromatic heterocycles. The van der Waals surface area contributed by atoms with Crippen LogP contribution in [0, 0.1) is 0 Å². The number of nitrogens with zero attached hydrogens (tertiary/aromatic N) is 1. The van der Waals surface area contributed by atoms with E-state index in [0.717, 1.165) is 6.42 Å². The molecule has 1 fully saturated rings. The summed E-state index contributed by atoms with van der Waals surface area (Å²) >= 11 is 0. The number of carbonyl (C=O) groups excluding carboxylic acids is 1. The highest BCUT2D eigenvalue weighted by atomic mass is 32.2. The number of benzene rings is 1. The molecule has 1 saturated heterocycles. The van der Waals surface area contributed by atoms with Crippen molar-refractivity contribution in [2.24, 2.45) is 0 Å². The Morgan fingerprint density at radius 1 is 1.25 bits per heavy atom. The van der Waals surface area contributed by atoms with E-state index < -0.39 is 10.0 Å². The summed E-state index contributed by atoms with van der Waals surface area (Å²) in [5.41, 5.74) is 0.576. The molecule has 0 spiro atoms. The van der Waals surface area contributed by atoms with Crippen LogP contribution < -0.4 is 10.6 Å². The van der Waals surface area contributed by atoms with Gasteiger partial charge in [0.05, 0.1) is 24.7 Å². The summed E-state index contributed by atoms with van der Waals surface area (Å²) < 4.78 is 31.6. The zero-order chi connectivity index (χ0) is 17.6. The Bertz CT molecular complexity index is 640. The number of hydrogen-bond donors (Lipinski definition) is 2. The van der Waals surface area contributed by atoms with Gasteiger partial charge in [-0.1, -0.05) is 6.92 Å². The van der Waals surface area contributed by atoms with Gasteiger partial charge in [-0.3, -0.25) is 4.79 Å². The minimum Gasteiger partial charge on any atom is -0.379 e. The second-order valence-corrected chi connectivity index (χ2v) is 7.72. The number of rotatable bonds is 7. The maximum absolute atomic E-state index is 12.5. The van der Waals surface area contributed by atoms with E-state index in [-0.39, 0.29) is 23.4 Å². The number of sulfonamides is 1. The van der Waals surface area contributed by atoms with E-state index in [2.05, 4.69) is 10.6 Å². The molecule has 1 atom stereocenters. The Balaban J connectivity index is 1.96. The number of anilines is 1. The second-order valence-electron chi connectivity index (χ2n) is 5.78. The van der Waals surface area contributed by atoms with Crippen LogP contribution in [0.5, 0.6) is 0 Å². The lowest BCUT2D eigenvalue weighted by atomic mass is 10.2. The van der Waals surface area contributed by atoms with Crippen LogP contribution in [0.2, 0.25) is 0 Å². The summed E-state index contributed by atoms with van der Waals surface area (Å²) in [5.74, 6) is -0.154. The van der Waals surface area contributed by atoms with Gasteiger partial charge in [-0.2, -0.15) is 4.31 Å². The van der Waals surface area contributed by atoms with Crippen LogP contribution in [-0.4, -0.2) is 57.5 Å². The minimum atomic E-state index is -3.50. The predicted molar refractivity (Wildman–Crippen MR) is 92.4 cm³/mol. The minimum absolute atomic E-state index is 0.154. The fraction of sp³-hybridized carbons (Fsp3) is 0.562. The molecule has 2 N–H and O–H groups in total. The third-order valence-electron chi connectivity index (χ3n) is 3.97. The zero-order valence-electron chi connectivity index (χ0n) is 14.1. The Labute approximate surface area is 143 Å². The maximum Gasteiger partial charge on any atom is 0.243 e. The van der Waals surface area contributed by atoms with E-state index in [1.165, 1.54) is 16.4 Å². The largest absolute Gasteiger partial charge is 0.379 e. The highest BCUT2D eigenvalue weighted by Gasteiger charge is 2.26. The molecule has 24 heavy (non-hydrogen) atoms. The number of hydrogen-bond acceptors (Lipinski definition) is 5. The van der Waals surface area contributed by atoms with Gasteiger partial charge in [0, 0.05) is 24.8 Å². The molecule has 0 saturated carbocycles. The van der Waals surface area contributed by atoms with Gasteiger partial charge in [-0.25, -0.2) is 8.42 Å². The van der Waals surface area contributed by atoms with E-state index in [1.54, 1.807) is 12.1 Å². The van der Waals surface area contributed by atoms with Gasteiger partial charge in [-0.05, 0) is 37.6 Å². The number of carbonyl (C=O) groups is 1. The van der Waals surface area contributed by atoms with Crippen LogP contribution in [0.25, 0.3) is 0 Å². The molecule has 8 heteroatoms. The summed E-state index contributed by atoms with van der Waals surface area (Å²) in [6.07, 6.45) is 0.946. The van der Waals surface area contributed by atoms with Crippen LogP contribution in [-0.2, 0) is 19.6 Å². The van der Waals surface area contributed by atoms with Crippen molar-refractivity contribution in [3.63, 3.8) is 0 Å². The first kappa shape index (κ1) is 18.9. The molecule has 1 aliphatic heterocycles. The van der Waals surface area contributed by atoms with Gasteiger partial charge in [-0.15, -0.1) is 0 Å². The van der Waals surface area contributed by atoms with Crippen LogP contribution in [0.1, 0.15) is 20.3 Å². The normalized spacial score (nSPS) is 17.4. The molecule has 1 aliphatic rings. The summed E-state index contributed by atoms with van der Waals surface area (Å²) in [7, 11) is -3.50. The molecule has 0 bridgehead atoms. The van der Waals surface area contributed by atoms with Crippen molar-refractivity contribution in [1.82, 2.24) is 9.62 Å². The van der Waals surface area contributed by atoms with Gasteiger partial charge in [0.25, 0.3) is 0 Å². The molecular weight excluding hydrogens is 330 g/mol. The highest BCUT2D eigenvalue weighted by Crippen LogP contribution is 2.19. The van der Waals surface area contributed by atoms with Crippen molar-refractivity contribution >= 4 is 21.6 Å². The van der Waals surface area contributed by atoms with Gasteiger partial charge in [0.1, 0.15) is 0 Å². The molecule has 1 heterocycles. The average molecular weight is 355 g/mol. The van der Waals surface area contributed by atoms with Crippen LogP contribution >= 0.6 is 0 Å². The van der Waals surface area contributed by atoms with Crippen LogP contribution in [0.3, 0.4) is 0 Å². The lowest BCUT2D eigenvalue weighted by Crippen LogP contribution is -2.40. The first-order chi connectivity index (χ1) is 11.4. The van der Waals surface area contributed by atoms with E-state index in [1.807, 2.05) is 13.8 Å². The molecule has 1 aromatic rings. The first-order valence-corrected chi connectivity index (χ1v) is 9.58. The number of morpholine rings is 1. The number of ether oxygens (including phenoxy) is 1. The summed E-state index contributed by atoms with van der Waals surface area (Å²) in [6, 6.07) is 6.52. The quantitative estimate of drug-likeness (QED) is 0.763. The zero-order valence-corrected chi connectivity index (χ0v) is 14.9. The highest BCUT2D eigenvalue weighted by molar-refractivity contribution is 7.89. The third kappa shape index (κ3) is 5.01.